The number of β-amino-alcohol motifs (C(OH)–C–C–N with tert-alkyl or cyclic N) is 1. The van der Waals surface area contributed by atoms with Crippen molar-refractivity contribution < 1.29 is 15.0 Å². The van der Waals surface area contributed by atoms with Crippen LogP contribution in [0.1, 0.15) is 31.4 Å². The summed E-state index contributed by atoms with van der Waals surface area (Å²) in [5.41, 5.74) is -0.0246. The molecular formula is C14H19NO3. The summed E-state index contributed by atoms with van der Waals surface area (Å²) in [4.78, 5) is 13.3. The highest BCUT2D eigenvalue weighted by Crippen LogP contribution is 2.28. The molecule has 4 heteroatoms. The Kier molecular flexibility index (Phi) is 3.68. The molecule has 1 aliphatic rings. The second kappa shape index (κ2) is 5.08. The van der Waals surface area contributed by atoms with Crippen molar-refractivity contribution >= 4 is 5.97 Å². The predicted molar refractivity (Wildman–Crippen MR) is 68.2 cm³/mol. The van der Waals surface area contributed by atoms with Crippen molar-refractivity contribution in [2.75, 3.05) is 13.1 Å². The number of hydrogen-bond acceptors (Lipinski definition) is 3. The van der Waals surface area contributed by atoms with Gasteiger partial charge in [0.15, 0.2) is 0 Å². The molecule has 2 N–H and O–H groups in total. The maximum Gasteiger partial charge on any atom is 0.325 e. The largest absolute Gasteiger partial charge is 0.480 e. The van der Waals surface area contributed by atoms with Crippen LogP contribution >= 0.6 is 0 Å². The second-order valence-corrected chi connectivity index (χ2v) is 5.22. The molecule has 0 aromatic heterocycles. The summed E-state index contributed by atoms with van der Waals surface area (Å²) in [6.07, 6.45) is 1.55. The van der Waals surface area contributed by atoms with Crippen LogP contribution in [0.3, 0.4) is 0 Å². The van der Waals surface area contributed by atoms with Gasteiger partial charge < -0.3 is 10.2 Å². The first kappa shape index (κ1) is 13.1. The van der Waals surface area contributed by atoms with Gasteiger partial charge in [0.1, 0.15) is 6.04 Å². The first-order chi connectivity index (χ1) is 8.49. The lowest BCUT2D eigenvalue weighted by atomic mass is 9.92. The SMILES string of the molecule is CC1(O)CCCN(C(C(=O)O)c2ccccc2)C1. The highest BCUT2D eigenvalue weighted by molar-refractivity contribution is 5.75. The number of benzene rings is 1. The Morgan fingerprint density at radius 3 is 2.61 bits per heavy atom. The fourth-order valence-electron chi connectivity index (χ4n) is 2.62. The molecule has 1 saturated heterocycles. The van der Waals surface area contributed by atoms with Gasteiger partial charge in [-0.1, -0.05) is 30.3 Å². The van der Waals surface area contributed by atoms with Crippen LogP contribution < -0.4 is 0 Å². The van der Waals surface area contributed by atoms with Crippen LogP contribution in [0.4, 0.5) is 0 Å². The van der Waals surface area contributed by atoms with E-state index in [9.17, 15) is 15.0 Å². The van der Waals surface area contributed by atoms with Crippen molar-refractivity contribution in [1.82, 2.24) is 4.90 Å². The molecule has 0 aliphatic carbocycles. The van der Waals surface area contributed by atoms with Crippen molar-refractivity contribution in [3.8, 4) is 0 Å². The summed E-state index contributed by atoms with van der Waals surface area (Å²) in [7, 11) is 0. The van der Waals surface area contributed by atoms with Crippen LogP contribution in [0.2, 0.25) is 0 Å². The Bertz CT molecular complexity index is 416. The highest BCUT2D eigenvalue weighted by atomic mass is 16.4. The average Bonchev–Trinajstić information content (AvgIpc) is 2.28. The minimum Gasteiger partial charge on any atom is -0.480 e. The lowest BCUT2D eigenvalue weighted by molar-refractivity contribution is -0.146. The van der Waals surface area contributed by atoms with Gasteiger partial charge in [0.05, 0.1) is 5.60 Å². The quantitative estimate of drug-likeness (QED) is 0.855. The zero-order chi connectivity index (χ0) is 13.2. The Balaban J connectivity index is 2.23. The van der Waals surface area contributed by atoms with Gasteiger partial charge in [0.25, 0.3) is 0 Å². The van der Waals surface area contributed by atoms with Gasteiger partial charge in [0.2, 0.25) is 0 Å². The molecule has 2 atom stereocenters. The number of rotatable bonds is 3. The maximum atomic E-state index is 11.5. The molecule has 1 aliphatic heterocycles. The van der Waals surface area contributed by atoms with Crippen molar-refractivity contribution in [2.24, 2.45) is 0 Å². The number of aliphatic carboxylic acids is 1. The van der Waals surface area contributed by atoms with Gasteiger partial charge in [-0.2, -0.15) is 0 Å². The molecule has 0 radical (unpaired) electrons. The van der Waals surface area contributed by atoms with E-state index >= 15 is 0 Å². The standard InChI is InChI=1S/C14H19NO3/c1-14(18)8-5-9-15(10-14)12(13(16)17)11-6-3-2-4-7-11/h2-4,6-7,12,18H,5,8-10H2,1H3,(H,16,17). The molecule has 1 heterocycles. The molecule has 0 bridgehead atoms. The van der Waals surface area contributed by atoms with Crippen LogP contribution in [0.25, 0.3) is 0 Å². The fraction of sp³-hybridized carbons (Fsp3) is 0.500. The van der Waals surface area contributed by atoms with Gasteiger partial charge in [-0.05, 0) is 31.9 Å². The van der Waals surface area contributed by atoms with Crippen molar-refractivity contribution in [3.05, 3.63) is 35.9 Å². The van der Waals surface area contributed by atoms with E-state index in [2.05, 4.69) is 0 Å². The second-order valence-electron chi connectivity index (χ2n) is 5.22. The monoisotopic (exact) mass is 249 g/mol. The first-order valence-electron chi connectivity index (χ1n) is 6.24. The minimum absolute atomic E-state index is 0.402. The van der Waals surface area contributed by atoms with Crippen molar-refractivity contribution in [1.29, 1.82) is 0 Å². The summed E-state index contributed by atoms with van der Waals surface area (Å²) >= 11 is 0. The van der Waals surface area contributed by atoms with E-state index < -0.39 is 17.6 Å². The zero-order valence-corrected chi connectivity index (χ0v) is 10.5. The van der Waals surface area contributed by atoms with E-state index in [-0.39, 0.29) is 0 Å². The van der Waals surface area contributed by atoms with Gasteiger partial charge >= 0.3 is 5.97 Å². The van der Waals surface area contributed by atoms with Gasteiger partial charge in [0, 0.05) is 6.54 Å². The Morgan fingerprint density at radius 2 is 2.06 bits per heavy atom. The van der Waals surface area contributed by atoms with Gasteiger partial charge in [-0.15, -0.1) is 0 Å². The predicted octanol–water partition coefficient (Wildman–Crippen LogP) is 1.66. The molecule has 2 rings (SSSR count). The lowest BCUT2D eigenvalue weighted by Gasteiger charge is -2.39. The van der Waals surface area contributed by atoms with Crippen LogP contribution in [-0.4, -0.2) is 39.8 Å². The minimum atomic E-state index is -0.862. The van der Waals surface area contributed by atoms with Crippen LogP contribution in [0.15, 0.2) is 30.3 Å². The van der Waals surface area contributed by atoms with E-state index in [1.807, 2.05) is 35.2 Å². The molecule has 98 valence electrons. The number of aliphatic hydroxyl groups is 1. The normalized spacial score (nSPS) is 26.8. The summed E-state index contributed by atoms with van der Waals surface area (Å²) in [5, 5.41) is 19.5. The molecule has 1 aromatic rings. The number of nitrogens with zero attached hydrogens (tertiary/aromatic N) is 1. The van der Waals surface area contributed by atoms with Crippen LogP contribution in [0, 0.1) is 0 Å². The Labute approximate surface area is 107 Å². The molecule has 0 saturated carbocycles. The molecule has 2 unspecified atom stereocenters. The Morgan fingerprint density at radius 1 is 1.39 bits per heavy atom. The third-order valence-corrected chi connectivity index (χ3v) is 3.42. The molecular weight excluding hydrogens is 230 g/mol. The smallest absolute Gasteiger partial charge is 0.325 e. The molecule has 0 amide bonds. The van der Waals surface area contributed by atoms with Crippen LogP contribution in [0.5, 0.6) is 0 Å². The Hall–Kier alpha value is -1.39. The van der Waals surface area contributed by atoms with E-state index in [0.717, 1.165) is 18.4 Å². The van der Waals surface area contributed by atoms with E-state index in [0.29, 0.717) is 13.1 Å². The number of carbonyl (C=O) groups is 1. The molecule has 1 aromatic carbocycles. The van der Waals surface area contributed by atoms with E-state index in [1.165, 1.54) is 0 Å². The van der Waals surface area contributed by atoms with Gasteiger partial charge in [-0.25, -0.2) is 0 Å². The highest BCUT2D eigenvalue weighted by Gasteiger charge is 2.35. The summed E-state index contributed by atoms with van der Waals surface area (Å²) in [6, 6.07) is 8.53. The van der Waals surface area contributed by atoms with Crippen molar-refractivity contribution in [3.63, 3.8) is 0 Å². The number of piperidine rings is 1. The molecule has 1 fully saturated rings. The van der Waals surface area contributed by atoms with Crippen LogP contribution in [-0.2, 0) is 4.79 Å². The first-order valence-corrected chi connectivity index (χ1v) is 6.24. The summed E-state index contributed by atoms with van der Waals surface area (Å²) in [6.45, 7) is 2.88. The van der Waals surface area contributed by atoms with Crippen molar-refractivity contribution in [2.45, 2.75) is 31.4 Å². The van der Waals surface area contributed by atoms with E-state index in [4.69, 9.17) is 0 Å². The number of hydrogen-bond donors (Lipinski definition) is 2. The number of carboxylic acid groups (broad SMARTS) is 1. The lowest BCUT2D eigenvalue weighted by Crippen LogP contribution is -2.49. The molecule has 4 nitrogen and oxygen atoms in total. The van der Waals surface area contributed by atoms with E-state index in [1.54, 1.807) is 6.92 Å². The third kappa shape index (κ3) is 2.89. The number of carboxylic acids is 1. The summed E-state index contributed by atoms with van der Waals surface area (Å²) < 4.78 is 0. The number of likely N-dealkylation sites (tertiary alicyclic amines) is 1. The molecule has 0 spiro atoms. The fourth-order valence-corrected chi connectivity index (χ4v) is 2.62. The summed E-state index contributed by atoms with van der Waals surface area (Å²) in [5.74, 6) is -0.862. The molecule has 18 heavy (non-hydrogen) atoms. The maximum absolute atomic E-state index is 11.5. The topological polar surface area (TPSA) is 60.8 Å². The third-order valence-electron chi connectivity index (χ3n) is 3.42. The average molecular weight is 249 g/mol. The zero-order valence-electron chi connectivity index (χ0n) is 10.5. The van der Waals surface area contributed by atoms with Gasteiger partial charge in [-0.3, -0.25) is 9.69 Å².